The van der Waals surface area contributed by atoms with Crippen LogP contribution in [0, 0.1) is 0 Å². The van der Waals surface area contributed by atoms with Gasteiger partial charge in [-0.1, -0.05) is 35.9 Å². The topological polar surface area (TPSA) is 43.8 Å². The van der Waals surface area contributed by atoms with Gasteiger partial charge in [0.2, 0.25) is 0 Å². The van der Waals surface area contributed by atoms with Gasteiger partial charge in [0, 0.05) is 36.1 Å². The summed E-state index contributed by atoms with van der Waals surface area (Å²) in [5, 5.41) is 10.3. The molecule has 1 heterocycles. The summed E-state index contributed by atoms with van der Waals surface area (Å²) >= 11 is 7.82. The number of carbonyl (C=O) groups is 1. The van der Waals surface area contributed by atoms with Crippen molar-refractivity contribution in [3.8, 4) is 0 Å². The fourth-order valence-electron chi connectivity index (χ4n) is 3.50. The van der Waals surface area contributed by atoms with Crippen LogP contribution < -0.4 is 4.90 Å². The molecule has 1 aliphatic heterocycles. The molecular weight excluding hydrogens is 380 g/mol. The largest absolute Gasteiger partial charge is 0.480 e. The van der Waals surface area contributed by atoms with E-state index in [1.54, 1.807) is 11.8 Å². The quantitative estimate of drug-likeness (QED) is 0.711. The van der Waals surface area contributed by atoms with Crippen LogP contribution in [0.1, 0.15) is 30.3 Å². The van der Waals surface area contributed by atoms with Crippen molar-refractivity contribution in [2.75, 3.05) is 23.7 Å². The molecule has 2 aromatic rings. The van der Waals surface area contributed by atoms with E-state index in [-0.39, 0.29) is 5.37 Å². The Morgan fingerprint density at radius 2 is 1.93 bits per heavy atom. The second kappa shape index (κ2) is 9.00. The fourth-order valence-corrected chi connectivity index (χ4v) is 5.15. The third-order valence-corrected chi connectivity index (χ3v) is 6.56. The maximum atomic E-state index is 11.8. The first-order valence-electron chi connectivity index (χ1n) is 9.23. The number of halogens is 1. The molecule has 144 valence electrons. The standard InChI is InChI=1S/C21H25ClN2O2S/c1-3-23(4-2)18-10-8-15(9-11-18)13-24-19(21(25)26)14-27-20(24)16-6-5-7-17(22)12-16/h5-12,19-20H,3-4,13-14H2,1-2H3,(H,25,26). The van der Waals surface area contributed by atoms with Gasteiger partial charge in [0.15, 0.2) is 0 Å². The van der Waals surface area contributed by atoms with Crippen molar-refractivity contribution in [2.45, 2.75) is 31.8 Å². The highest BCUT2D eigenvalue weighted by Crippen LogP contribution is 2.42. The summed E-state index contributed by atoms with van der Waals surface area (Å²) in [4.78, 5) is 16.1. The molecule has 4 nitrogen and oxygen atoms in total. The number of anilines is 1. The number of benzene rings is 2. The van der Waals surface area contributed by atoms with Gasteiger partial charge in [-0.3, -0.25) is 9.69 Å². The molecule has 0 spiro atoms. The highest BCUT2D eigenvalue weighted by Gasteiger charge is 2.39. The molecule has 1 fully saturated rings. The Hall–Kier alpha value is -1.69. The number of nitrogens with zero attached hydrogens (tertiary/aromatic N) is 2. The van der Waals surface area contributed by atoms with Crippen LogP contribution in [0.5, 0.6) is 0 Å². The summed E-state index contributed by atoms with van der Waals surface area (Å²) in [5.41, 5.74) is 3.36. The summed E-state index contributed by atoms with van der Waals surface area (Å²) in [6.45, 7) is 6.82. The van der Waals surface area contributed by atoms with Crippen LogP contribution in [0.3, 0.4) is 0 Å². The predicted octanol–water partition coefficient (Wildman–Crippen LogP) is 4.89. The van der Waals surface area contributed by atoms with Crippen molar-refractivity contribution < 1.29 is 9.90 Å². The minimum absolute atomic E-state index is 0.00717. The van der Waals surface area contributed by atoms with Crippen LogP contribution in [-0.4, -0.2) is 40.9 Å². The monoisotopic (exact) mass is 404 g/mol. The predicted molar refractivity (Wildman–Crippen MR) is 114 cm³/mol. The lowest BCUT2D eigenvalue weighted by Crippen LogP contribution is -2.38. The Morgan fingerprint density at radius 3 is 2.52 bits per heavy atom. The van der Waals surface area contributed by atoms with Gasteiger partial charge in [0.05, 0.1) is 5.37 Å². The molecule has 0 bridgehead atoms. The Kier molecular flexibility index (Phi) is 6.68. The van der Waals surface area contributed by atoms with Crippen molar-refractivity contribution in [1.82, 2.24) is 4.90 Å². The number of aliphatic carboxylic acids is 1. The number of hydrogen-bond acceptors (Lipinski definition) is 4. The lowest BCUT2D eigenvalue weighted by molar-refractivity contribution is -0.142. The summed E-state index contributed by atoms with van der Waals surface area (Å²) in [7, 11) is 0. The van der Waals surface area contributed by atoms with Crippen LogP contribution >= 0.6 is 23.4 Å². The Morgan fingerprint density at radius 1 is 1.22 bits per heavy atom. The van der Waals surface area contributed by atoms with Gasteiger partial charge in [0.1, 0.15) is 6.04 Å². The Labute approximate surface area is 170 Å². The molecule has 2 unspecified atom stereocenters. The summed E-state index contributed by atoms with van der Waals surface area (Å²) in [6, 6.07) is 15.7. The fraction of sp³-hybridized carbons (Fsp3) is 0.381. The number of carboxylic acid groups (broad SMARTS) is 1. The molecule has 1 aliphatic rings. The highest BCUT2D eigenvalue weighted by molar-refractivity contribution is 7.99. The molecule has 0 amide bonds. The van der Waals surface area contributed by atoms with E-state index in [4.69, 9.17) is 11.6 Å². The number of hydrogen-bond donors (Lipinski definition) is 1. The van der Waals surface area contributed by atoms with E-state index in [0.717, 1.165) is 24.2 Å². The van der Waals surface area contributed by atoms with Gasteiger partial charge in [-0.05, 0) is 49.2 Å². The second-order valence-electron chi connectivity index (χ2n) is 6.61. The zero-order chi connectivity index (χ0) is 19.4. The molecule has 1 N–H and O–H groups in total. The van der Waals surface area contributed by atoms with E-state index in [1.165, 1.54) is 5.69 Å². The minimum Gasteiger partial charge on any atom is -0.480 e. The Bertz CT molecular complexity index is 780. The molecule has 1 saturated heterocycles. The summed E-state index contributed by atoms with van der Waals surface area (Å²) in [5.74, 6) is -0.198. The normalized spacial score (nSPS) is 20.0. The molecule has 0 aliphatic carbocycles. The lowest BCUT2D eigenvalue weighted by atomic mass is 10.1. The van der Waals surface area contributed by atoms with Gasteiger partial charge >= 0.3 is 5.97 Å². The van der Waals surface area contributed by atoms with Crippen LogP contribution in [-0.2, 0) is 11.3 Å². The minimum atomic E-state index is -0.771. The third-order valence-electron chi connectivity index (χ3n) is 4.96. The average Bonchev–Trinajstić information content (AvgIpc) is 3.08. The van der Waals surface area contributed by atoms with Crippen molar-refractivity contribution in [1.29, 1.82) is 0 Å². The second-order valence-corrected chi connectivity index (χ2v) is 8.16. The van der Waals surface area contributed by atoms with Crippen LogP contribution in [0.15, 0.2) is 48.5 Å². The molecular formula is C21H25ClN2O2S. The van der Waals surface area contributed by atoms with E-state index in [1.807, 2.05) is 24.3 Å². The smallest absolute Gasteiger partial charge is 0.321 e. The van der Waals surface area contributed by atoms with E-state index in [0.29, 0.717) is 17.3 Å². The Balaban J connectivity index is 1.83. The zero-order valence-corrected chi connectivity index (χ0v) is 17.2. The van der Waals surface area contributed by atoms with Crippen molar-refractivity contribution in [3.63, 3.8) is 0 Å². The number of thioether (sulfide) groups is 1. The zero-order valence-electron chi connectivity index (χ0n) is 15.6. The summed E-state index contributed by atoms with van der Waals surface area (Å²) in [6.07, 6.45) is 0. The first-order chi connectivity index (χ1) is 13.0. The summed E-state index contributed by atoms with van der Waals surface area (Å²) < 4.78 is 0. The number of rotatable bonds is 7. The first-order valence-corrected chi connectivity index (χ1v) is 10.7. The molecule has 3 rings (SSSR count). The SMILES string of the molecule is CCN(CC)c1ccc(CN2C(C(=O)O)CSC2c2cccc(Cl)c2)cc1. The first kappa shape index (κ1) is 20.1. The van der Waals surface area contributed by atoms with Gasteiger partial charge in [-0.15, -0.1) is 11.8 Å². The molecule has 2 atom stereocenters. The van der Waals surface area contributed by atoms with Gasteiger partial charge in [-0.25, -0.2) is 0 Å². The molecule has 0 aromatic heterocycles. The molecule has 2 aromatic carbocycles. The molecule has 6 heteroatoms. The lowest BCUT2D eigenvalue weighted by Gasteiger charge is -2.28. The van der Waals surface area contributed by atoms with Crippen molar-refractivity contribution in [2.24, 2.45) is 0 Å². The number of carboxylic acids is 1. The molecule has 0 radical (unpaired) electrons. The van der Waals surface area contributed by atoms with Crippen LogP contribution in [0.4, 0.5) is 5.69 Å². The third kappa shape index (κ3) is 4.60. The molecule has 0 saturated carbocycles. The van der Waals surface area contributed by atoms with Gasteiger partial charge in [-0.2, -0.15) is 0 Å². The van der Waals surface area contributed by atoms with Crippen LogP contribution in [0.2, 0.25) is 5.02 Å². The van der Waals surface area contributed by atoms with E-state index < -0.39 is 12.0 Å². The van der Waals surface area contributed by atoms with Crippen molar-refractivity contribution >= 4 is 35.0 Å². The van der Waals surface area contributed by atoms with E-state index in [9.17, 15) is 9.90 Å². The highest BCUT2D eigenvalue weighted by atomic mass is 35.5. The van der Waals surface area contributed by atoms with Gasteiger partial charge in [0.25, 0.3) is 0 Å². The average molecular weight is 405 g/mol. The van der Waals surface area contributed by atoms with Crippen molar-refractivity contribution in [3.05, 3.63) is 64.7 Å². The van der Waals surface area contributed by atoms with E-state index >= 15 is 0 Å². The van der Waals surface area contributed by atoms with Gasteiger partial charge < -0.3 is 10.0 Å². The molecule has 27 heavy (non-hydrogen) atoms. The van der Waals surface area contributed by atoms with Crippen LogP contribution in [0.25, 0.3) is 0 Å². The van der Waals surface area contributed by atoms with E-state index in [2.05, 4.69) is 47.9 Å². The maximum Gasteiger partial charge on any atom is 0.321 e. The maximum absolute atomic E-state index is 11.8.